The molecular weight excluding hydrogens is 224 g/mol. The van der Waals surface area contributed by atoms with E-state index < -0.39 is 10.0 Å². The first-order chi connectivity index (χ1) is 7.43. The zero-order chi connectivity index (χ0) is 12.2. The lowest BCUT2D eigenvalue weighted by Gasteiger charge is -2.33. The largest absolute Gasteiger partial charge is 0.314 e. The summed E-state index contributed by atoms with van der Waals surface area (Å²) < 4.78 is 24.1. The third kappa shape index (κ3) is 4.39. The highest BCUT2D eigenvalue weighted by atomic mass is 32.2. The van der Waals surface area contributed by atoms with Crippen molar-refractivity contribution in [2.45, 2.75) is 39.2 Å². The molecule has 0 heterocycles. The van der Waals surface area contributed by atoms with Gasteiger partial charge in [-0.25, -0.2) is 12.7 Å². The average Bonchev–Trinajstić information content (AvgIpc) is 2.12. The van der Waals surface area contributed by atoms with Gasteiger partial charge in [-0.2, -0.15) is 0 Å². The summed E-state index contributed by atoms with van der Waals surface area (Å²) in [6.07, 6.45) is 4.70. The molecule has 1 aliphatic carbocycles. The molecule has 1 saturated carbocycles. The van der Waals surface area contributed by atoms with Gasteiger partial charge in [0, 0.05) is 19.1 Å². The summed E-state index contributed by atoms with van der Waals surface area (Å²) in [5.74, 6) is 0.862. The van der Waals surface area contributed by atoms with Crippen LogP contribution < -0.4 is 5.32 Å². The molecule has 0 atom stereocenters. The Labute approximate surface area is 99.5 Å². The molecule has 0 spiro atoms. The fraction of sp³-hybridized carbons (Fsp3) is 1.00. The molecule has 0 aromatic carbocycles. The molecule has 5 heteroatoms. The molecule has 0 aromatic heterocycles. The van der Waals surface area contributed by atoms with Gasteiger partial charge < -0.3 is 5.32 Å². The molecule has 1 fully saturated rings. The Hall–Kier alpha value is -0.130. The first kappa shape index (κ1) is 13.9. The molecule has 1 rings (SSSR count). The third-order valence-electron chi connectivity index (χ3n) is 3.21. The van der Waals surface area contributed by atoms with Gasteiger partial charge in [-0.3, -0.25) is 0 Å². The number of rotatable bonds is 7. The Balaban J connectivity index is 2.10. The summed E-state index contributed by atoms with van der Waals surface area (Å²) in [7, 11) is -3.01. The summed E-state index contributed by atoms with van der Waals surface area (Å²) in [6, 6.07) is 0.670. The summed E-state index contributed by atoms with van der Waals surface area (Å²) >= 11 is 0. The summed E-state index contributed by atoms with van der Waals surface area (Å²) in [4.78, 5) is 0. The molecule has 4 nitrogen and oxygen atoms in total. The average molecular weight is 248 g/mol. The second kappa shape index (κ2) is 5.98. The molecule has 0 saturated heterocycles. The Morgan fingerprint density at radius 3 is 2.44 bits per heavy atom. The standard InChI is InChI=1S/C11H24N2O2S/c1-4-13(16(3,14)15)7-5-6-12-11-8-10(2)9-11/h10-12H,4-9H2,1-3H3. The molecule has 1 aliphatic rings. The van der Waals surface area contributed by atoms with E-state index in [4.69, 9.17) is 0 Å². The van der Waals surface area contributed by atoms with E-state index in [1.165, 1.54) is 23.4 Å². The number of nitrogens with one attached hydrogen (secondary N) is 1. The Morgan fingerprint density at radius 1 is 1.38 bits per heavy atom. The van der Waals surface area contributed by atoms with Gasteiger partial charge in [0.15, 0.2) is 0 Å². The molecule has 1 N–H and O–H groups in total. The van der Waals surface area contributed by atoms with Crippen LogP contribution in [0.4, 0.5) is 0 Å². The van der Waals surface area contributed by atoms with Gasteiger partial charge >= 0.3 is 0 Å². The van der Waals surface area contributed by atoms with Gasteiger partial charge in [0.1, 0.15) is 0 Å². The fourth-order valence-corrected chi connectivity index (χ4v) is 3.12. The first-order valence-electron chi connectivity index (χ1n) is 6.12. The molecule has 0 unspecified atom stereocenters. The zero-order valence-electron chi connectivity index (χ0n) is 10.6. The van der Waals surface area contributed by atoms with Crippen LogP contribution in [0.1, 0.15) is 33.1 Å². The predicted molar refractivity (Wildman–Crippen MR) is 66.9 cm³/mol. The Kier molecular flexibility index (Phi) is 5.21. The van der Waals surface area contributed by atoms with Crippen molar-refractivity contribution < 1.29 is 8.42 Å². The minimum atomic E-state index is -3.01. The van der Waals surface area contributed by atoms with Crippen molar-refractivity contribution in [3.63, 3.8) is 0 Å². The maximum atomic E-state index is 11.3. The second-order valence-corrected chi connectivity index (χ2v) is 6.82. The van der Waals surface area contributed by atoms with E-state index in [9.17, 15) is 8.42 Å². The topological polar surface area (TPSA) is 49.4 Å². The highest BCUT2D eigenvalue weighted by Crippen LogP contribution is 2.25. The quantitative estimate of drug-likeness (QED) is 0.685. The fourth-order valence-electron chi connectivity index (χ4n) is 2.19. The minimum Gasteiger partial charge on any atom is -0.314 e. The van der Waals surface area contributed by atoms with Crippen LogP contribution in [0.15, 0.2) is 0 Å². The predicted octanol–water partition coefficient (Wildman–Crippen LogP) is 1.05. The molecule has 0 bridgehead atoms. The van der Waals surface area contributed by atoms with Crippen LogP contribution in [0.5, 0.6) is 0 Å². The van der Waals surface area contributed by atoms with Crippen molar-refractivity contribution in [3.8, 4) is 0 Å². The summed E-state index contributed by atoms with van der Waals surface area (Å²) in [6.45, 7) is 6.26. The van der Waals surface area contributed by atoms with Crippen molar-refractivity contribution in [2.75, 3.05) is 25.9 Å². The van der Waals surface area contributed by atoms with Gasteiger partial charge in [0.2, 0.25) is 10.0 Å². The molecule has 0 aromatic rings. The Bertz CT molecular complexity index is 297. The van der Waals surface area contributed by atoms with Gasteiger partial charge in [0.05, 0.1) is 6.26 Å². The summed E-state index contributed by atoms with van der Waals surface area (Å²) in [5.41, 5.74) is 0. The van der Waals surface area contributed by atoms with Crippen LogP contribution in [-0.2, 0) is 10.0 Å². The molecule has 16 heavy (non-hydrogen) atoms. The van der Waals surface area contributed by atoms with E-state index in [0.717, 1.165) is 18.9 Å². The molecule has 96 valence electrons. The van der Waals surface area contributed by atoms with Crippen LogP contribution >= 0.6 is 0 Å². The maximum Gasteiger partial charge on any atom is 0.211 e. The smallest absolute Gasteiger partial charge is 0.211 e. The number of hydrogen-bond donors (Lipinski definition) is 1. The van der Waals surface area contributed by atoms with Crippen LogP contribution in [-0.4, -0.2) is 44.7 Å². The van der Waals surface area contributed by atoms with Crippen molar-refractivity contribution >= 4 is 10.0 Å². The highest BCUT2D eigenvalue weighted by molar-refractivity contribution is 7.88. The van der Waals surface area contributed by atoms with Crippen LogP contribution in [0, 0.1) is 5.92 Å². The zero-order valence-corrected chi connectivity index (χ0v) is 11.4. The van der Waals surface area contributed by atoms with E-state index in [2.05, 4.69) is 12.2 Å². The third-order valence-corrected chi connectivity index (χ3v) is 4.59. The van der Waals surface area contributed by atoms with Crippen LogP contribution in [0.25, 0.3) is 0 Å². The minimum absolute atomic E-state index is 0.569. The van der Waals surface area contributed by atoms with Gasteiger partial charge in [0.25, 0.3) is 0 Å². The van der Waals surface area contributed by atoms with E-state index in [1.807, 2.05) is 6.92 Å². The molecule has 0 aliphatic heterocycles. The number of hydrogen-bond acceptors (Lipinski definition) is 3. The summed E-state index contributed by atoms with van der Waals surface area (Å²) in [5, 5.41) is 3.46. The van der Waals surface area contributed by atoms with Crippen molar-refractivity contribution in [2.24, 2.45) is 5.92 Å². The molecule has 0 amide bonds. The monoisotopic (exact) mass is 248 g/mol. The number of nitrogens with zero attached hydrogens (tertiary/aromatic N) is 1. The first-order valence-corrected chi connectivity index (χ1v) is 7.96. The van der Waals surface area contributed by atoms with Crippen molar-refractivity contribution in [3.05, 3.63) is 0 Å². The SMILES string of the molecule is CCN(CCCNC1CC(C)C1)S(C)(=O)=O. The van der Waals surface area contributed by atoms with E-state index >= 15 is 0 Å². The molecular formula is C11H24N2O2S. The van der Waals surface area contributed by atoms with Gasteiger partial charge in [-0.05, 0) is 31.7 Å². The Morgan fingerprint density at radius 2 is 2.00 bits per heavy atom. The lowest BCUT2D eigenvalue weighted by molar-refractivity contribution is 0.240. The normalized spacial score (nSPS) is 25.8. The van der Waals surface area contributed by atoms with Crippen LogP contribution in [0.2, 0.25) is 0 Å². The maximum absolute atomic E-state index is 11.3. The van der Waals surface area contributed by atoms with Crippen molar-refractivity contribution in [1.29, 1.82) is 0 Å². The van der Waals surface area contributed by atoms with E-state index in [1.54, 1.807) is 0 Å². The van der Waals surface area contributed by atoms with E-state index in [0.29, 0.717) is 19.1 Å². The van der Waals surface area contributed by atoms with E-state index in [-0.39, 0.29) is 0 Å². The highest BCUT2D eigenvalue weighted by Gasteiger charge is 2.24. The van der Waals surface area contributed by atoms with Crippen LogP contribution in [0.3, 0.4) is 0 Å². The van der Waals surface area contributed by atoms with Gasteiger partial charge in [-0.1, -0.05) is 13.8 Å². The lowest BCUT2D eigenvalue weighted by atomic mass is 9.82. The van der Waals surface area contributed by atoms with Gasteiger partial charge in [-0.15, -0.1) is 0 Å². The molecule has 0 radical (unpaired) electrons. The second-order valence-electron chi connectivity index (χ2n) is 4.84. The number of sulfonamides is 1. The van der Waals surface area contributed by atoms with Crippen molar-refractivity contribution in [1.82, 2.24) is 9.62 Å². The lowest BCUT2D eigenvalue weighted by Crippen LogP contribution is -2.41.